The number of halogens is 4. The number of para-hydroxylation sites is 3. The highest BCUT2D eigenvalue weighted by Crippen LogP contribution is 2.44. The topological polar surface area (TPSA) is 17.8 Å². The van der Waals surface area contributed by atoms with Gasteiger partial charge in [-0.25, -0.2) is 22.5 Å². The van der Waals surface area contributed by atoms with Crippen LogP contribution in [-0.4, -0.2) is 9.55 Å². The molecule has 2 nitrogen and oxygen atoms in total. The van der Waals surface area contributed by atoms with Crippen molar-refractivity contribution >= 4 is 65.0 Å². The molecule has 10 rings (SSSR count). The van der Waals surface area contributed by atoms with Gasteiger partial charge in [0, 0.05) is 32.5 Å². The molecule has 0 spiro atoms. The van der Waals surface area contributed by atoms with Gasteiger partial charge in [-0.15, -0.1) is 0 Å². The van der Waals surface area contributed by atoms with Crippen molar-refractivity contribution in [2.75, 3.05) is 0 Å². The van der Waals surface area contributed by atoms with E-state index in [0.717, 1.165) is 43.2 Å². The van der Waals surface area contributed by atoms with Crippen LogP contribution in [0.1, 0.15) is 0 Å². The van der Waals surface area contributed by atoms with Crippen LogP contribution in [0.5, 0.6) is 0 Å². The molecule has 0 aliphatic heterocycles. The van der Waals surface area contributed by atoms with Crippen LogP contribution in [0.25, 0.3) is 93.1 Å². The monoisotopic (exact) mass is 668 g/mol. The number of rotatable bonds is 3. The second-order valence-corrected chi connectivity index (χ2v) is 12.7. The summed E-state index contributed by atoms with van der Waals surface area (Å²) >= 11 is 0. The molecule has 10 aromatic rings. The van der Waals surface area contributed by atoms with Gasteiger partial charge in [-0.1, -0.05) is 121 Å². The summed E-state index contributed by atoms with van der Waals surface area (Å²) in [5.74, 6) is -5.91. The molecule has 2 heterocycles. The Balaban J connectivity index is 1.24. The van der Waals surface area contributed by atoms with Crippen LogP contribution in [0.15, 0.2) is 146 Å². The van der Waals surface area contributed by atoms with E-state index in [2.05, 4.69) is 18.2 Å². The highest BCUT2D eigenvalue weighted by atomic mass is 19.2. The summed E-state index contributed by atoms with van der Waals surface area (Å²) in [6.45, 7) is 0. The quantitative estimate of drug-likeness (QED) is 0.104. The minimum Gasteiger partial charge on any atom is -0.304 e. The summed E-state index contributed by atoms with van der Waals surface area (Å²) < 4.78 is 66.6. The normalized spacial score (nSPS) is 11.9. The van der Waals surface area contributed by atoms with Gasteiger partial charge in [-0.3, -0.25) is 0 Å². The lowest BCUT2D eigenvalue weighted by atomic mass is 9.89. The van der Waals surface area contributed by atoms with E-state index in [1.807, 2.05) is 78.9 Å². The van der Waals surface area contributed by atoms with Crippen molar-refractivity contribution in [1.29, 1.82) is 0 Å². The van der Waals surface area contributed by atoms with Crippen molar-refractivity contribution in [2.24, 2.45) is 0 Å². The molecule has 0 radical (unpaired) electrons. The molecule has 0 saturated carbocycles. The van der Waals surface area contributed by atoms with Crippen LogP contribution in [-0.2, 0) is 0 Å². The predicted octanol–water partition coefficient (Wildman–Crippen LogP) is 12.7. The lowest BCUT2D eigenvalue weighted by Gasteiger charge is -2.17. The second-order valence-electron chi connectivity index (χ2n) is 12.7. The molecule has 0 aliphatic carbocycles. The Morgan fingerprint density at radius 3 is 1.47 bits per heavy atom. The number of aromatic nitrogens is 2. The fourth-order valence-electron chi connectivity index (χ4n) is 7.89. The zero-order valence-electron chi connectivity index (χ0n) is 26.8. The molecule has 51 heavy (non-hydrogen) atoms. The zero-order chi connectivity index (χ0) is 34.4. The van der Waals surface area contributed by atoms with Crippen LogP contribution in [0, 0.1) is 23.3 Å². The summed E-state index contributed by atoms with van der Waals surface area (Å²) in [7, 11) is 0. The van der Waals surface area contributed by atoms with Gasteiger partial charge in [0.2, 0.25) is 0 Å². The SMILES string of the molecule is Fc1c(F)c(-n2c3ccccc3c3ccccc32)c(F)c(F)c1-c1cccc(-c2nc3ccccc3c3c4ccccc4c4ccccc4c23)c1. The molecule has 0 atom stereocenters. The highest BCUT2D eigenvalue weighted by Gasteiger charge is 2.30. The van der Waals surface area contributed by atoms with E-state index in [1.165, 1.54) is 10.6 Å². The van der Waals surface area contributed by atoms with Crippen molar-refractivity contribution in [3.8, 4) is 28.1 Å². The molecule has 0 unspecified atom stereocenters. The van der Waals surface area contributed by atoms with Crippen LogP contribution in [0.3, 0.4) is 0 Å². The number of benzene rings is 8. The minimum atomic E-state index is -1.48. The predicted molar refractivity (Wildman–Crippen MR) is 199 cm³/mol. The Bertz CT molecular complexity index is 3010. The Morgan fingerprint density at radius 1 is 0.392 bits per heavy atom. The maximum absolute atomic E-state index is 16.3. The third-order valence-corrected chi connectivity index (χ3v) is 10.0. The largest absolute Gasteiger partial charge is 0.304 e. The van der Waals surface area contributed by atoms with Gasteiger partial charge in [-0.05, 0) is 51.4 Å². The Kier molecular flexibility index (Phi) is 6.33. The average molecular weight is 669 g/mol. The minimum absolute atomic E-state index is 0.0118. The highest BCUT2D eigenvalue weighted by molar-refractivity contribution is 6.33. The van der Waals surface area contributed by atoms with Crippen LogP contribution >= 0.6 is 0 Å². The lowest BCUT2D eigenvalue weighted by molar-refractivity contribution is 0.454. The molecule has 0 N–H and O–H groups in total. The number of nitrogens with zero attached hydrogens (tertiary/aromatic N) is 2. The van der Waals surface area contributed by atoms with E-state index in [-0.39, 0.29) is 5.56 Å². The Morgan fingerprint density at radius 2 is 0.863 bits per heavy atom. The van der Waals surface area contributed by atoms with Crippen molar-refractivity contribution in [3.63, 3.8) is 0 Å². The van der Waals surface area contributed by atoms with Gasteiger partial charge >= 0.3 is 0 Å². The molecule has 242 valence electrons. The van der Waals surface area contributed by atoms with Gasteiger partial charge < -0.3 is 4.57 Å². The van der Waals surface area contributed by atoms with E-state index >= 15 is 17.6 Å². The van der Waals surface area contributed by atoms with Crippen molar-refractivity contribution < 1.29 is 17.6 Å². The van der Waals surface area contributed by atoms with E-state index in [1.54, 1.807) is 42.5 Å². The van der Waals surface area contributed by atoms with Gasteiger partial charge in [0.15, 0.2) is 23.3 Å². The molecular formula is C45H24F4N2. The van der Waals surface area contributed by atoms with Crippen LogP contribution < -0.4 is 0 Å². The smallest absolute Gasteiger partial charge is 0.186 e. The van der Waals surface area contributed by atoms with E-state index in [4.69, 9.17) is 4.98 Å². The molecule has 6 heteroatoms. The van der Waals surface area contributed by atoms with Crippen LogP contribution in [0.4, 0.5) is 17.6 Å². The maximum atomic E-state index is 16.3. The van der Waals surface area contributed by atoms with Gasteiger partial charge in [-0.2, -0.15) is 0 Å². The molecule has 8 aromatic carbocycles. The van der Waals surface area contributed by atoms with E-state index in [0.29, 0.717) is 33.1 Å². The van der Waals surface area contributed by atoms with Gasteiger partial charge in [0.25, 0.3) is 0 Å². The molecule has 0 saturated heterocycles. The first-order valence-electron chi connectivity index (χ1n) is 16.6. The molecule has 0 bridgehead atoms. The number of pyridine rings is 1. The summed E-state index contributed by atoms with van der Waals surface area (Å²) in [4.78, 5) is 5.11. The molecule has 0 amide bonds. The first-order valence-corrected chi connectivity index (χ1v) is 16.6. The van der Waals surface area contributed by atoms with Crippen molar-refractivity contribution in [1.82, 2.24) is 9.55 Å². The fraction of sp³-hybridized carbons (Fsp3) is 0. The zero-order valence-corrected chi connectivity index (χ0v) is 26.8. The van der Waals surface area contributed by atoms with E-state index < -0.39 is 34.5 Å². The fourth-order valence-corrected chi connectivity index (χ4v) is 7.89. The van der Waals surface area contributed by atoms with Gasteiger partial charge in [0.05, 0.1) is 27.8 Å². The summed E-state index contributed by atoms with van der Waals surface area (Å²) in [6.07, 6.45) is 0. The Labute approximate surface area is 288 Å². The molecule has 0 aliphatic rings. The van der Waals surface area contributed by atoms with Crippen molar-refractivity contribution in [3.05, 3.63) is 169 Å². The summed E-state index contributed by atoms with van der Waals surface area (Å²) in [6, 6.07) is 44.6. The van der Waals surface area contributed by atoms with Crippen LogP contribution in [0.2, 0.25) is 0 Å². The molecular weight excluding hydrogens is 645 g/mol. The maximum Gasteiger partial charge on any atom is 0.186 e. The molecule has 0 fully saturated rings. The first-order chi connectivity index (χ1) is 25.0. The number of hydrogen-bond acceptors (Lipinski definition) is 1. The average Bonchev–Trinajstić information content (AvgIpc) is 3.51. The standard InChI is InChI=1S/C45H24F4N2/c46-40-37(41(47)43(49)45(42(40)48)51-35-22-9-6-16-29(35)30-17-7-10-23-36(30)51)25-12-11-13-26(24-25)44-39-32-19-4-2-15-28(32)27-14-1-3-18-31(27)38(39)33-20-5-8-21-34(33)50-44/h1-24H. The van der Waals surface area contributed by atoms with Crippen molar-refractivity contribution in [2.45, 2.75) is 0 Å². The Hall–Kier alpha value is -6.53. The second kappa shape index (κ2) is 11.0. The summed E-state index contributed by atoms with van der Waals surface area (Å²) in [5, 5.41) is 8.41. The number of hydrogen-bond donors (Lipinski definition) is 0. The molecule has 2 aromatic heterocycles. The third-order valence-electron chi connectivity index (χ3n) is 10.0. The number of fused-ring (bicyclic) bond motifs is 11. The third kappa shape index (κ3) is 4.13. The lowest BCUT2D eigenvalue weighted by Crippen LogP contribution is -2.09. The van der Waals surface area contributed by atoms with Gasteiger partial charge in [0.1, 0.15) is 5.69 Å². The first kappa shape index (κ1) is 29.4. The van der Waals surface area contributed by atoms with E-state index in [9.17, 15) is 0 Å². The summed E-state index contributed by atoms with van der Waals surface area (Å²) in [5.41, 5.74) is 1.15.